The molecule has 7 heteroatoms. The monoisotopic (exact) mass is 519 g/mol. The summed E-state index contributed by atoms with van der Waals surface area (Å²) in [5, 5.41) is 14.3. The molecule has 4 rings (SSSR count). The first-order valence-electron chi connectivity index (χ1n) is 12.7. The van der Waals surface area contributed by atoms with Crippen molar-refractivity contribution in [3.8, 4) is 11.5 Å². The molecule has 1 aliphatic heterocycles. The van der Waals surface area contributed by atoms with Crippen LogP contribution in [0.2, 0.25) is 18.6 Å². The molecule has 0 aliphatic carbocycles. The summed E-state index contributed by atoms with van der Waals surface area (Å²) >= 11 is 0. The van der Waals surface area contributed by atoms with Crippen molar-refractivity contribution in [1.82, 2.24) is 0 Å². The number of hydrogen-bond donors (Lipinski definition) is 2. The molecule has 196 valence electrons. The first kappa shape index (κ1) is 26.9. The summed E-state index contributed by atoms with van der Waals surface area (Å²) in [6.45, 7) is 6.92. The number of aliphatic hydroxyl groups is 1. The maximum Gasteiger partial charge on any atom is 0.255 e. The Bertz CT molecular complexity index is 1200. The summed E-state index contributed by atoms with van der Waals surface area (Å²) in [7, 11) is 1.31. The highest BCUT2D eigenvalue weighted by atomic mass is 28.3. The quantitative estimate of drug-likeness (QED) is 0.370. The molecule has 0 saturated carbocycles. The Balaban J connectivity index is 1.63. The predicted molar refractivity (Wildman–Crippen MR) is 150 cm³/mol. The minimum Gasteiger partial charge on any atom is -0.497 e. The SMILES string of the molecule is COc1ccc([Si](C)(C)C(CCO)[C@H]2Oc3ccc(NC(=O)c4ccccc4)cc3[C@@H](OC)[C@@H]2C)cc1. The number of carbonyl (C=O) groups is 1. The maximum atomic E-state index is 12.7. The van der Waals surface area contributed by atoms with E-state index in [1.807, 2.05) is 48.5 Å². The summed E-state index contributed by atoms with van der Waals surface area (Å²) in [6.07, 6.45) is 0.319. The molecular formula is C30H37NO5Si. The highest BCUT2D eigenvalue weighted by Gasteiger charge is 2.46. The maximum absolute atomic E-state index is 12.7. The van der Waals surface area contributed by atoms with Gasteiger partial charge >= 0.3 is 0 Å². The van der Waals surface area contributed by atoms with Crippen LogP contribution in [0.15, 0.2) is 72.8 Å². The van der Waals surface area contributed by atoms with Crippen LogP contribution in [-0.4, -0.2) is 46.0 Å². The second kappa shape index (κ2) is 11.5. The predicted octanol–water partition coefficient (Wildman–Crippen LogP) is 5.40. The summed E-state index contributed by atoms with van der Waals surface area (Å²) in [5.74, 6) is 1.47. The smallest absolute Gasteiger partial charge is 0.255 e. The third-order valence-corrected chi connectivity index (χ3v) is 12.0. The summed E-state index contributed by atoms with van der Waals surface area (Å²) in [6, 6.07) is 23.2. The third-order valence-electron chi connectivity index (χ3n) is 7.72. The molecule has 1 unspecified atom stereocenters. The largest absolute Gasteiger partial charge is 0.497 e. The number of amides is 1. The van der Waals surface area contributed by atoms with Gasteiger partial charge in [-0.15, -0.1) is 0 Å². The van der Waals surface area contributed by atoms with Crippen LogP contribution in [0.1, 0.15) is 35.4 Å². The van der Waals surface area contributed by atoms with Crippen molar-refractivity contribution >= 4 is 24.9 Å². The fourth-order valence-corrected chi connectivity index (χ4v) is 9.06. The van der Waals surface area contributed by atoms with Crippen molar-refractivity contribution in [1.29, 1.82) is 0 Å². The first-order chi connectivity index (χ1) is 17.8. The molecular weight excluding hydrogens is 482 g/mol. The second-order valence-corrected chi connectivity index (χ2v) is 15.0. The number of fused-ring (bicyclic) bond motifs is 1. The van der Waals surface area contributed by atoms with Crippen molar-refractivity contribution in [2.24, 2.45) is 5.92 Å². The minimum atomic E-state index is -2.08. The van der Waals surface area contributed by atoms with E-state index < -0.39 is 8.07 Å². The van der Waals surface area contributed by atoms with E-state index in [4.69, 9.17) is 14.2 Å². The van der Waals surface area contributed by atoms with Crippen LogP contribution < -0.4 is 20.0 Å². The van der Waals surface area contributed by atoms with E-state index in [1.165, 1.54) is 5.19 Å². The van der Waals surface area contributed by atoms with E-state index in [0.717, 1.165) is 17.1 Å². The van der Waals surface area contributed by atoms with Gasteiger partial charge in [0.15, 0.2) is 0 Å². The molecule has 3 aromatic rings. The van der Waals surface area contributed by atoms with Crippen molar-refractivity contribution < 1.29 is 24.1 Å². The number of aliphatic hydroxyl groups excluding tert-OH is 1. The molecule has 1 heterocycles. The van der Waals surface area contributed by atoms with Crippen LogP contribution in [0, 0.1) is 5.92 Å². The van der Waals surface area contributed by atoms with E-state index in [9.17, 15) is 9.90 Å². The van der Waals surface area contributed by atoms with Gasteiger partial charge in [0, 0.05) is 36.4 Å². The van der Waals surface area contributed by atoms with Gasteiger partial charge in [-0.25, -0.2) is 0 Å². The van der Waals surface area contributed by atoms with E-state index in [0.29, 0.717) is 17.7 Å². The molecule has 37 heavy (non-hydrogen) atoms. The Kier molecular flexibility index (Phi) is 8.37. The zero-order valence-corrected chi connectivity index (χ0v) is 23.2. The fourth-order valence-electron chi connectivity index (χ4n) is 5.56. The number of benzene rings is 3. The van der Waals surface area contributed by atoms with Crippen molar-refractivity contribution in [3.63, 3.8) is 0 Å². The standard InChI is InChI=1S/C30H37NO5Si/c1-20-28(35-3)25-19-22(31-30(33)21-9-7-6-8-10-21)11-16-26(25)36-29(20)27(17-18-32)37(4,5)24-14-12-23(34-2)13-15-24/h6-16,19-20,27-29,32H,17-18H2,1-5H3,(H,31,33)/t20-,27?,28-,29-/m0/s1. The topological polar surface area (TPSA) is 77.0 Å². The van der Waals surface area contributed by atoms with Crippen molar-refractivity contribution in [2.45, 2.75) is 44.2 Å². The zero-order valence-electron chi connectivity index (χ0n) is 22.2. The van der Waals surface area contributed by atoms with E-state index in [-0.39, 0.29) is 36.2 Å². The van der Waals surface area contributed by atoms with Gasteiger partial charge in [0.25, 0.3) is 5.91 Å². The lowest BCUT2D eigenvalue weighted by molar-refractivity contribution is -0.0241. The summed E-state index contributed by atoms with van der Waals surface area (Å²) in [5.41, 5.74) is 2.38. The third kappa shape index (κ3) is 5.59. The molecule has 3 aromatic carbocycles. The van der Waals surface area contributed by atoms with Gasteiger partial charge in [-0.2, -0.15) is 0 Å². The zero-order chi connectivity index (χ0) is 26.6. The lowest BCUT2D eigenvalue weighted by Crippen LogP contribution is -2.54. The van der Waals surface area contributed by atoms with E-state index in [2.05, 4.69) is 37.5 Å². The number of ether oxygens (including phenoxy) is 3. The van der Waals surface area contributed by atoms with Crippen LogP contribution >= 0.6 is 0 Å². The molecule has 4 atom stereocenters. The summed E-state index contributed by atoms with van der Waals surface area (Å²) < 4.78 is 18.1. The van der Waals surface area contributed by atoms with Crippen LogP contribution in [0.25, 0.3) is 0 Å². The molecule has 1 amide bonds. The second-order valence-electron chi connectivity index (χ2n) is 10.2. The van der Waals surface area contributed by atoms with E-state index in [1.54, 1.807) is 26.4 Å². The fraction of sp³-hybridized carbons (Fsp3) is 0.367. The molecule has 6 nitrogen and oxygen atoms in total. The Morgan fingerprint density at radius 3 is 2.38 bits per heavy atom. The molecule has 0 radical (unpaired) electrons. The van der Waals surface area contributed by atoms with E-state index >= 15 is 0 Å². The molecule has 2 N–H and O–H groups in total. The lowest BCUT2D eigenvalue weighted by Gasteiger charge is -2.45. The van der Waals surface area contributed by atoms with Crippen LogP contribution in [0.5, 0.6) is 11.5 Å². The van der Waals surface area contributed by atoms with Crippen LogP contribution in [0.4, 0.5) is 5.69 Å². The normalized spacial score (nSPS) is 19.9. The molecule has 0 spiro atoms. The number of rotatable bonds is 9. The van der Waals surface area contributed by atoms with Gasteiger partial charge in [-0.3, -0.25) is 4.79 Å². The molecule has 0 aromatic heterocycles. The summed E-state index contributed by atoms with van der Waals surface area (Å²) in [4.78, 5) is 12.7. The van der Waals surface area contributed by atoms with Crippen molar-refractivity contribution in [2.75, 3.05) is 26.1 Å². The number of anilines is 1. The molecule has 0 fully saturated rings. The average molecular weight is 520 g/mol. The highest BCUT2D eigenvalue weighted by molar-refractivity contribution is 6.91. The minimum absolute atomic E-state index is 0.0409. The molecule has 1 aliphatic rings. The number of methoxy groups -OCH3 is 2. The molecule has 0 bridgehead atoms. The van der Waals surface area contributed by atoms with Gasteiger partial charge < -0.3 is 24.6 Å². The number of hydrogen-bond acceptors (Lipinski definition) is 5. The average Bonchev–Trinajstić information content (AvgIpc) is 2.92. The van der Waals surface area contributed by atoms with Gasteiger partial charge in [-0.1, -0.05) is 55.5 Å². The molecule has 0 saturated heterocycles. The Hall–Kier alpha value is -3.13. The van der Waals surface area contributed by atoms with Crippen molar-refractivity contribution in [3.05, 3.63) is 83.9 Å². The van der Waals surface area contributed by atoms with Gasteiger partial charge in [-0.05, 0) is 54.4 Å². The first-order valence-corrected chi connectivity index (χ1v) is 15.8. The van der Waals surface area contributed by atoms with Gasteiger partial charge in [0.1, 0.15) is 17.6 Å². The lowest BCUT2D eigenvalue weighted by atomic mass is 9.86. The number of carbonyl (C=O) groups excluding carboxylic acids is 1. The Morgan fingerprint density at radius 2 is 1.76 bits per heavy atom. The van der Waals surface area contributed by atoms with Gasteiger partial charge in [0.05, 0.1) is 21.3 Å². The Morgan fingerprint density at radius 1 is 1.05 bits per heavy atom. The van der Waals surface area contributed by atoms with Crippen LogP contribution in [0.3, 0.4) is 0 Å². The Labute approximate surface area is 220 Å². The highest BCUT2D eigenvalue weighted by Crippen LogP contribution is 2.47. The van der Waals surface area contributed by atoms with Crippen LogP contribution in [-0.2, 0) is 4.74 Å². The van der Waals surface area contributed by atoms with Gasteiger partial charge in [0.2, 0.25) is 0 Å². The number of nitrogens with one attached hydrogen (secondary N) is 1.